The Bertz CT molecular complexity index is 1710. The summed E-state index contributed by atoms with van der Waals surface area (Å²) in [6.07, 6.45) is 0.172. The Kier molecular flexibility index (Phi) is 9.83. The highest BCUT2D eigenvalue weighted by atomic mass is 35.5. The van der Waals surface area contributed by atoms with Crippen molar-refractivity contribution in [1.29, 1.82) is 0 Å². The number of ketones is 1. The Morgan fingerprint density at radius 3 is 1.81 bits per heavy atom. The Labute approximate surface area is 274 Å². The summed E-state index contributed by atoms with van der Waals surface area (Å²) >= 11 is 36.4. The van der Waals surface area contributed by atoms with Crippen molar-refractivity contribution in [3.8, 4) is 0 Å². The number of hydrogen-bond donors (Lipinski definition) is 3. The summed E-state index contributed by atoms with van der Waals surface area (Å²) in [5.74, 6) is 0.116. The lowest BCUT2D eigenvalue weighted by atomic mass is 9.82. The van der Waals surface area contributed by atoms with Gasteiger partial charge in [-0.25, -0.2) is 0 Å². The molecule has 2 aliphatic carbocycles. The molecule has 3 aliphatic rings. The van der Waals surface area contributed by atoms with Gasteiger partial charge >= 0.3 is 6.18 Å². The Morgan fingerprint density at radius 2 is 1.28 bits per heavy atom. The zero-order valence-corrected chi connectivity index (χ0v) is 26.9. The summed E-state index contributed by atoms with van der Waals surface area (Å²) in [5.41, 5.74) is -0.323. The number of aliphatic hydroxyl groups is 1. The van der Waals surface area contributed by atoms with Crippen molar-refractivity contribution >= 4 is 97.2 Å². The molecule has 14 heteroatoms. The second kappa shape index (κ2) is 12.8. The summed E-state index contributed by atoms with van der Waals surface area (Å²) in [7, 11) is 0. The zero-order valence-electron chi connectivity index (χ0n) is 22.4. The fraction of sp³-hybridized carbons (Fsp3) is 0.414. The van der Waals surface area contributed by atoms with E-state index < -0.39 is 18.2 Å². The van der Waals surface area contributed by atoms with Gasteiger partial charge in [0, 0.05) is 30.4 Å². The molecule has 0 amide bonds. The van der Waals surface area contributed by atoms with Crippen molar-refractivity contribution in [3.63, 3.8) is 0 Å². The lowest BCUT2D eigenvalue weighted by molar-refractivity contribution is -0.272. The molecule has 232 valence electrons. The molecule has 0 bridgehead atoms. The third-order valence-corrected chi connectivity index (χ3v) is 10.0. The average Bonchev–Trinajstić information content (AvgIpc) is 3.71. The first kappa shape index (κ1) is 33.0. The highest BCUT2D eigenvalue weighted by Gasteiger charge is 2.57. The highest BCUT2D eigenvalue weighted by Crippen LogP contribution is 2.50. The van der Waals surface area contributed by atoms with Gasteiger partial charge in [0.25, 0.3) is 0 Å². The van der Waals surface area contributed by atoms with Crippen LogP contribution in [0.25, 0.3) is 21.8 Å². The molecule has 3 heterocycles. The van der Waals surface area contributed by atoms with E-state index in [1.54, 1.807) is 6.07 Å². The first-order valence-electron chi connectivity index (χ1n) is 13.5. The average molecular weight is 719 g/mol. The maximum Gasteiger partial charge on any atom is 0.422 e. The number of carbonyl (C=O) groups is 1. The molecular weight excluding hydrogens is 694 g/mol. The minimum absolute atomic E-state index is 0.116. The predicted molar refractivity (Wildman–Crippen MR) is 167 cm³/mol. The van der Waals surface area contributed by atoms with Crippen molar-refractivity contribution in [3.05, 3.63) is 64.8 Å². The monoisotopic (exact) mass is 716 g/mol. The molecule has 0 radical (unpaired) electrons. The molecule has 5 nitrogen and oxygen atoms in total. The number of benzene rings is 2. The van der Waals surface area contributed by atoms with E-state index in [0.29, 0.717) is 50.1 Å². The van der Waals surface area contributed by atoms with E-state index >= 15 is 0 Å². The fourth-order valence-electron chi connectivity index (χ4n) is 5.73. The van der Waals surface area contributed by atoms with E-state index in [0.717, 1.165) is 37.0 Å². The number of Topliss-reactive ketones (excluding diaryl/α,β-unsaturated/α-hetero) is 1. The lowest BCUT2D eigenvalue weighted by Gasteiger charge is -2.34. The van der Waals surface area contributed by atoms with Crippen molar-refractivity contribution in [2.45, 2.75) is 63.1 Å². The summed E-state index contributed by atoms with van der Waals surface area (Å²) in [5, 5.41) is 13.1. The van der Waals surface area contributed by atoms with Crippen LogP contribution < -0.4 is 0 Å². The van der Waals surface area contributed by atoms with Crippen LogP contribution in [0.1, 0.15) is 65.8 Å². The van der Waals surface area contributed by atoms with Crippen LogP contribution in [0.3, 0.4) is 0 Å². The van der Waals surface area contributed by atoms with Crippen LogP contribution in [-0.4, -0.2) is 40.2 Å². The van der Waals surface area contributed by atoms with Gasteiger partial charge in [-0.3, -0.25) is 4.79 Å². The maximum atomic E-state index is 13.3. The summed E-state index contributed by atoms with van der Waals surface area (Å²) in [4.78, 5) is 17.5. The number of fused-ring (bicyclic) bond motifs is 6. The molecule has 1 unspecified atom stereocenters. The van der Waals surface area contributed by atoms with Crippen molar-refractivity contribution in [2.75, 3.05) is 13.2 Å². The van der Waals surface area contributed by atoms with Gasteiger partial charge in [-0.15, -0.1) is 0 Å². The number of ether oxygens (including phenoxy) is 1. The number of halogens is 9. The maximum absolute atomic E-state index is 13.3. The highest BCUT2D eigenvalue weighted by molar-refractivity contribution is 6.49. The van der Waals surface area contributed by atoms with E-state index in [4.69, 9.17) is 74.3 Å². The second-order valence-corrected chi connectivity index (χ2v) is 13.0. The molecule has 1 atom stereocenters. The lowest BCUT2D eigenvalue weighted by Crippen LogP contribution is -2.45. The number of H-pyrrole nitrogens is 2. The normalized spacial score (nSPS) is 19.9. The molecule has 4 aromatic rings. The Balaban J connectivity index is 0.000000149. The van der Waals surface area contributed by atoms with E-state index in [1.807, 2.05) is 0 Å². The summed E-state index contributed by atoms with van der Waals surface area (Å²) in [6.45, 7) is 2.00. The fourth-order valence-corrected chi connectivity index (χ4v) is 7.28. The van der Waals surface area contributed by atoms with E-state index in [2.05, 4.69) is 9.97 Å². The third kappa shape index (κ3) is 6.11. The van der Waals surface area contributed by atoms with E-state index in [9.17, 15) is 23.1 Å². The van der Waals surface area contributed by atoms with Crippen LogP contribution in [0.5, 0.6) is 0 Å². The summed E-state index contributed by atoms with van der Waals surface area (Å²) in [6, 6.07) is 2.96. The number of rotatable bonds is 0. The number of alkyl halides is 3. The van der Waals surface area contributed by atoms with Gasteiger partial charge in [0.1, 0.15) is 0 Å². The number of aromatic amines is 2. The number of aryl methyl sites for hydroxylation is 2. The predicted octanol–water partition coefficient (Wildman–Crippen LogP) is 10.7. The molecule has 0 spiro atoms. The van der Waals surface area contributed by atoms with Crippen LogP contribution in [0.2, 0.25) is 30.1 Å². The molecule has 2 aromatic carbocycles. The number of nitrogens with one attached hydrogen (secondary N) is 2. The molecule has 7 rings (SSSR count). The van der Waals surface area contributed by atoms with Crippen LogP contribution >= 0.6 is 69.6 Å². The molecule has 43 heavy (non-hydrogen) atoms. The van der Waals surface area contributed by atoms with Crippen molar-refractivity contribution < 1.29 is 27.8 Å². The topological polar surface area (TPSA) is 78.1 Å². The molecule has 3 N–H and O–H groups in total. The van der Waals surface area contributed by atoms with Gasteiger partial charge in [0.2, 0.25) is 5.60 Å². The number of aromatic nitrogens is 2. The van der Waals surface area contributed by atoms with Gasteiger partial charge in [-0.2, -0.15) is 13.2 Å². The minimum Gasteiger partial charge on any atom is -0.381 e. The third-order valence-electron chi connectivity index (χ3n) is 7.83. The molecule has 0 saturated carbocycles. The zero-order chi connectivity index (χ0) is 31.3. The van der Waals surface area contributed by atoms with Crippen LogP contribution in [-0.2, 0) is 23.2 Å². The Morgan fingerprint density at radius 1 is 0.744 bits per heavy atom. The van der Waals surface area contributed by atoms with Gasteiger partial charge in [0.05, 0.1) is 52.6 Å². The van der Waals surface area contributed by atoms with E-state index in [-0.39, 0.29) is 38.5 Å². The van der Waals surface area contributed by atoms with Gasteiger partial charge in [-0.05, 0) is 68.2 Å². The molecule has 2 aromatic heterocycles. The number of carbonyl (C=O) groups excluding carboxylic acids is 1. The van der Waals surface area contributed by atoms with Crippen LogP contribution in [0.15, 0.2) is 12.1 Å². The summed E-state index contributed by atoms with van der Waals surface area (Å²) < 4.78 is 44.7. The Hall–Kier alpha value is -1.36. The molecule has 1 aliphatic heterocycles. The number of hydrogen-bond acceptors (Lipinski definition) is 3. The quantitative estimate of drug-likeness (QED) is 0.158. The standard InChI is InChI=1S/C13H9Cl3F3NO.C12H8Cl3NO.C4H8O/c14-6-4-7(15)10-8(9(6)16)5-2-1-3-12(21,11(5)20-10)13(17,18)19;13-6-4-7(14)12-9(10(6)15)5-2-1-3-8(17)11(5)16-12;1-2-4-5-3-1/h4,20-21H,1-3H2;4,16H,1-3H2;1-4H2. The molecule has 1 fully saturated rings. The first-order chi connectivity index (χ1) is 20.3. The van der Waals surface area contributed by atoms with Crippen LogP contribution in [0, 0.1) is 0 Å². The second-order valence-electron chi connectivity index (χ2n) is 10.6. The van der Waals surface area contributed by atoms with Gasteiger partial charge in [0.15, 0.2) is 5.78 Å². The van der Waals surface area contributed by atoms with Gasteiger partial charge < -0.3 is 19.8 Å². The van der Waals surface area contributed by atoms with Crippen molar-refractivity contribution in [1.82, 2.24) is 9.97 Å². The van der Waals surface area contributed by atoms with Crippen molar-refractivity contribution in [2.24, 2.45) is 0 Å². The first-order valence-corrected chi connectivity index (χ1v) is 15.8. The SMILES string of the molecule is C1CCOC1.O=C1CCCc2c1[nH]c1c(Cl)cc(Cl)c(Cl)c21.OC1(C(F)(F)F)CCCc2c1[nH]c1c(Cl)cc(Cl)c(Cl)c21. The minimum atomic E-state index is -4.79. The molecule has 1 saturated heterocycles. The smallest absolute Gasteiger partial charge is 0.381 e. The van der Waals surface area contributed by atoms with Gasteiger partial charge in [-0.1, -0.05) is 69.6 Å². The van der Waals surface area contributed by atoms with E-state index in [1.165, 1.54) is 18.9 Å². The largest absolute Gasteiger partial charge is 0.422 e. The molecular formula is C29H25Cl6F3N2O3. The van der Waals surface area contributed by atoms with Crippen LogP contribution in [0.4, 0.5) is 13.2 Å².